The van der Waals surface area contributed by atoms with Crippen LogP contribution in [0.2, 0.25) is 0 Å². The number of hydrogen-bond donors (Lipinski definition) is 1. The van der Waals surface area contributed by atoms with Crippen LogP contribution in [0.4, 0.5) is 5.82 Å². The number of anilines is 1. The summed E-state index contributed by atoms with van der Waals surface area (Å²) < 4.78 is 12.7. The molecule has 2 N–H and O–H groups in total. The molecular weight excluding hydrogens is 266 g/mol. The summed E-state index contributed by atoms with van der Waals surface area (Å²) in [5.41, 5.74) is 6.71. The zero-order chi connectivity index (χ0) is 14.5. The standard InChI is InChI=1S/C16H17N3O2/c17-16-12-14(15-8-4-10-21-15)18-19(16)9-5-11-20-13-6-2-1-3-7-13/h1-4,6-8,10,12H,5,9,11,17H2. The number of benzene rings is 1. The van der Waals surface area contributed by atoms with Gasteiger partial charge in [0.2, 0.25) is 0 Å². The van der Waals surface area contributed by atoms with Gasteiger partial charge in [-0.2, -0.15) is 5.10 Å². The minimum atomic E-state index is 0.624. The van der Waals surface area contributed by atoms with Gasteiger partial charge in [0.05, 0.1) is 12.9 Å². The van der Waals surface area contributed by atoms with Gasteiger partial charge in [-0.15, -0.1) is 0 Å². The first-order valence-corrected chi connectivity index (χ1v) is 6.88. The monoisotopic (exact) mass is 283 g/mol. The number of ether oxygens (including phenoxy) is 1. The molecule has 3 aromatic rings. The zero-order valence-electron chi connectivity index (χ0n) is 11.6. The Kier molecular flexibility index (Phi) is 3.91. The lowest BCUT2D eigenvalue weighted by atomic mass is 10.3. The highest BCUT2D eigenvalue weighted by Gasteiger charge is 2.08. The van der Waals surface area contributed by atoms with Crippen LogP contribution in [-0.2, 0) is 6.54 Å². The zero-order valence-corrected chi connectivity index (χ0v) is 11.6. The largest absolute Gasteiger partial charge is 0.494 e. The number of nitrogen functional groups attached to an aromatic ring is 1. The maximum absolute atomic E-state index is 5.96. The minimum absolute atomic E-state index is 0.624. The Balaban J connectivity index is 1.54. The molecule has 0 amide bonds. The molecule has 0 aliphatic carbocycles. The second-order valence-corrected chi connectivity index (χ2v) is 4.67. The third kappa shape index (κ3) is 3.25. The molecule has 108 valence electrons. The summed E-state index contributed by atoms with van der Waals surface area (Å²) >= 11 is 0. The highest BCUT2D eigenvalue weighted by Crippen LogP contribution is 2.20. The third-order valence-electron chi connectivity index (χ3n) is 3.11. The predicted molar refractivity (Wildman–Crippen MR) is 80.9 cm³/mol. The Morgan fingerprint density at radius 1 is 1.14 bits per heavy atom. The highest BCUT2D eigenvalue weighted by atomic mass is 16.5. The van der Waals surface area contributed by atoms with Crippen LogP contribution in [0.25, 0.3) is 11.5 Å². The summed E-state index contributed by atoms with van der Waals surface area (Å²) in [6, 6.07) is 15.3. The topological polar surface area (TPSA) is 66.2 Å². The molecule has 1 aromatic carbocycles. The molecule has 0 saturated carbocycles. The Morgan fingerprint density at radius 2 is 2.00 bits per heavy atom. The van der Waals surface area contributed by atoms with E-state index in [2.05, 4.69) is 5.10 Å². The van der Waals surface area contributed by atoms with E-state index < -0.39 is 0 Å². The van der Waals surface area contributed by atoms with E-state index in [0.29, 0.717) is 19.0 Å². The Hall–Kier alpha value is -2.69. The molecule has 21 heavy (non-hydrogen) atoms. The van der Waals surface area contributed by atoms with Crippen molar-refractivity contribution in [2.24, 2.45) is 0 Å². The molecule has 2 heterocycles. The van der Waals surface area contributed by atoms with Crippen LogP contribution in [0, 0.1) is 0 Å². The SMILES string of the molecule is Nc1cc(-c2ccco2)nn1CCCOc1ccccc1. The van der Waals surface area contributed by atoms with Gasteiger partial charge in [0.1, 0.15) is 17.3 Å². The number of nitrogens with two attached hydrogens (primary N) is 1. The first-order chi connectivity index (χ1) is 10.3. The number of para-hydroxylation sites is 1. The van der Waals surface area contributed by atoms with Gasteiger partial charge < -0.3 is 14.9 Å². The molecule has 0 aliphatic heterocycles. The first kappa shape index (κ1) is 13.3. The lowest BCUT2D eigenvalue weighted by Crippen LogP contribution is -2.08. The summed E-state index contributed by atoms with van der Waals surface area (Å²) in [4.78, 5) is 0. The lowest BCUT2D eigenvalue weighted by Gasteiger charge is -2.06. The predicted octanol–water partition coefficient (Wildman–Crippen LogP) is 3.19. The molecule has 0 unspecified atom stereocenters. The minimum Gasteiger partial charge on any atom is -0.494 e. The maximum Gasteiger partial charge on any atom is 0.154 e. The van der Waals surface area contributed by atoms with Crippen LogP contribution in [0.5, 0.6) is 5.75 Å². The van der Waals surface area contributed by atoms with Crippen LogP contribution < -0.4 is 10.5 Å². The quantitative estimate of drug-likeness (QED) is 0.705. The van der Waals surface area contributed by atoms with Crippen molar-refractivity contribution in [3.63, 3.8) is 0 Å². The van der Waals surface area contributed by atoms with Gasteiger partial charge in [0.25, 0.3) is 0 Å². The van der Waals surface area contributed by atoms with Crippen molar-refractivity contribution in [2.75, 3.05) is 12.3 Å². The molecule has 0 radical (unpaired) electrons. The third-order valence-corrected chi connectivity index (χ3v) is 3.11. The van der Waals surface area contributed by atoms with E-state index in [-0.39, 0.29) is 0 Å². The van der Waals surface area contributed by atoms with Crippen LogP contribution in [0.1, 0.15) is 6.42 Å². The van der Waals surface area contributed by atoms with Gasteiger partial charge in [-0.1, -0.05) is 18.2 Å². The average molecular weight is 283 g/mol. The molecule has 0 fully saturated rings. The normalized spacial score (nSPS) is 10.7. The molecule has 0 atom stereocenters. The molecule has 0 saturated heterocycles. The van der Waals surface area contributed by atoms with Crippen LogP contribution in [0.3, 0.4) is 0 Å². The van der Waals surface area contributed by atoms with Crippen molar-refractivity contribution in [2.45, 2.75) is 13.0 Å². The van der Waals surface area contributed by atoms with E-state index in [1.807, 2.05) is 48.5 Å². The number of nitrogens with zero attached hydrogens (tertiary/aromatic N) is 2. The second-order valence-electron chi connectivity index (χ2n) is 4.67. The smallest absolute Gasteiger partial charge is 0.154 e. The van der Waals surface area contributed by atoms with Crippen molar-refractivity contribution >= 4 is 5.82 Å². The molecule has 5 nitrogen and oxygen atoms in total. The summed E-state index contributed by atoms with van der Waals surface area (Å²) in [5, 5.41) is 4.44. The van der Waals surface area contributed by atoms with Crippen LogP contribution >= 0.6 is 0 Å². The highest BCUT2D eigenvalue weighted by molar-refractivity contribution is 5.56. The van der Waals surface area contributed by atoms with Gasteiger partial charge in [-0.25, -0.2) is 4.68 Å². The number of hydrogen-bond acceptors (Lipinski definition) is 4. The van der Waals surface area contributed by atoms with E-state index in [0.717, 1.165) is 23.6 Å². The van der Waals surface area contributed by atoms with Gasteiger partial charge in [0, 0.05) is 19.0 Å². The van der Waals surface area contributed by atoms with Crippen molar-refractivity contribution in [1.82, 2.24) is 9.78 Å². The summed E-state index contributed by atoms with van der Waals surface area (Å²) in [7, 11) is 0. The molecule has 3 rings (SSSR count). The van der Waals surface area contributed by atoms with E-state index in [4.69, 9.17) is 14.9 Å². The number of aromatic nitrogens is 2. The molecular formula is C16H17N3O2. The van der Waals surface area contributed by atoms with Crippen LogP contribution in [-0.4, -0.2) is 16.4 Å². The van der Waals surface area contributed by atoms with Crippen molar-refractivity contribution in [3.8, 4) is 17.2 Å². The number of rotatable bonds is 6. The van der Waals surface area contributed by atoms with E-state index in [9.17, 15) is 0 Å². The summed E-state index contributed by atoms with van der Waals surface area (Å²) in [6.07, 6.45) is 2.45. The van der Waals surface area contributed by atoms with E-state index in [1.54, 1.807) is 10.9 Å². The van der Waals surface area contributed by atoms with Gasteiger partial charge >= 0.3 is 0 Å². The van der Waals surface area contributed by atoms with Crippen molar-refractivity contribution < 1.29 is 9.15 Å². The summed E-state index contributed by atoms with van der Waals surface area (Å²) in [6.45, 7) is 1.33. The van der Waals surface area contributed by atoms with E-state index >= 15 is 0 Å². The summed E-state index contributed by atoms with van der Waals surface area (Å²) in [5.74, 6) is 2.23. The molecule has 0 bridgehead atoms. The van der Waals surface area contributed by atoms with E-state index in [1.165, 1.54) is 0 Å². The Labute approximate surface area is 122 Å². The van der Waals surface area contributed by atoms with Gasteiger partial charge in [0.15, 0.2) is 5.76 Å². The average Bonchev–Trinajstić information content (AvgIpc) is 3.15. The fourth-order valence-corrected chi connectivity index (χ4v) is 2.08. The number of furan rings is 1. The molecule has 0 aliphatic rings. The lowest BCUT2D eigenvalue weighted by molar-refractivity contribution is 0.299. The van der Waals surface area contributed by atoms with Crippen LogP contribution in [0.15, 0.2) is 59.2 Å². The fraction of sp³-hybridized carbons (Fsp3) is 0.188. The number of aryl methyl sites for hydroxylation is 1. The maximum atomic E-state index is 5.96. The first-order valence-electron chi connectivity index (χ1n) is 6.88. The second kappa shape index (κ2) is 6.17. The van der Waals surface area contributed by atoms with Crippen molar-refractivity contribution in [1.29, 1.82) is 0 Å². The molecule has 5 heteroatoms. The molecule has 0 spiro atoms. The van der Waals surface area contributed by atoms with Crippen molar-refractivity contribution in [3.05, 3.63) is 54.8 Å². The van der Waals surface area contributed by atoms with Gasteiger partial charge in [-0.05, 0) is 24.3 Å². The Bertz CT molecular complexity index is 675. The molecule has 2 aromatic heterocycles. The van der Waals surface area contributed by atoms with Gasteiger partial charge in [-0.3, -0.25) is 0 Å². The Morgan fingerprint density at radius 3 is 2.76 bits per heavy atom. The fourth-order valence-electron chi connectivity index (χ4n) is 2.08.